The smallest absolute Gasteiger partial charge is 0.277 e. The zero-order valence-electron chi connectivity index (χ0n) is 15.6. The van der Waals surface area contributed by atoms with Gasteiger partial charge in [0.1, 0.15) is 0 Å². The lowest BCUT2D eigenvalue weighted by Crippen LogP contribution is -2.32. The Morgan fingerprint density at radius 2 is 1.89 bits per heavy atom. The summed E-state index contributed by atoms with van der Waals surface area (Å²) in [6, 6.07) is 17.8. The number of nitrogens with zero attached hydrogens (tertiary/aromatic N) is 3. The molecule has 2 heterocycles. The largest absolute Gasteiger partial charge is 0.411 e. The van der Waals surface area contributed by atoms with Crippen LogP contribution in [0.25, 0.3) is 22.4 Å². The SMILES string of the molecule is CC(Sc1nnc(-c2c[nH]c3ccccc23)o1)C(=O)N(C)Cc1ccccc1. The molecule has 1 atom stereocenters. The molecular formula is C21H20N4O2S. The van der Waals surface area contributed by atoms with Gasteiger partial charge in [-0.1, -0.05) is 60.3 Å². The van der Waals surface area contributed by atoms with Crippen molar-refractivity contribution < 1.29 is 9.21 Å². The molecule has 1 unspecified atom stereocenters. The van der Waals surface area contributed by atoms with E-state index in [2.05, 4.69) is 15.2 Å². The van der Waals surface area contributed by atoms with E-state index in [1.807, 2.05) is 67.7 Å². The van der Waals surface area contributed by atoms with Crippen LogP contribution in [0.3, 0.4) is 0 Å². The van der Waals surface area contributed by atoms with E-state index in [4.69, 9.17) is 4.42 Å². The number of fused-ring (bicyclic) bond motifs is 1. The molecule has 0 saturated carbocycles. The highest BCUT2D eigenvalue weighted by atomic mass is 32.2. The third-order valence-electron chi connectivity index (χ3n) is 4.49. The summed E-state index contributed by atoms with van der Waals surface area (Å²) in [5.74, 6) is 0.456. The molecule has 1 N–H and O–H groups in total. The topological polar surface area (TPSA) is 75.0 Å². The lowest BCUT2D eigenvalue weighted by Gasteiger charge is -2.20. The first-order valence-corrected chi connectivity index (χ1v) is 9.85. The molecule has 0 radical (unpaired) electrons. The average Bonchev–Trinajstić information content (AvgIpc) is 3.34. The van der Waals surface area contributed by atoms with Gasteiger partial charge in [0.15, 0.2) is 0 Å². The van der Waals surface area contributed by atoms with E-state index in [0.717, 1.165) is 22.0 Å². The molecule has 0 bridgehead atoms. The molecule has 6 nitrogen and oxygen atoms in total. The number of carbonyl (C=O) groups is 1. The lowest BCUT2D eigenvalue weighted by atomic mass is 10.2. The third-order valence-corrected chi connectivity index (χ3v) is 5.41. The number of carbonyl (C=O) groups excluding carboxylic acids is 1. The van der Waals surface area contributed by atoms with Crippen LogP contribution in [0.5, 0.6) is 0 Å². The Labute approximate surface area is 167 Å². The van der Waals surface area contributed by atoms with Crippen molar-refractivity contribution in [1.29, 1.82) is 0 Å². The highest BCUT2D eigenvalue weighted by molar-refractivity contribution is 8.00. The van der Waals surface area contributed by atoms with Crippen molar-refractivity contribution in [2.24, 2.45) is 0 Å². The molecule has 7 heteroatoms. The van der Waals surface area contributed by atoms with Gasteiger partial charge in [-0.3, -0.25) is 4.79 Å². The van der Waals surface area contributed by atoms with E-state index < -0.39 is 0 Å². The monoisotopic (exact) mass is 392 g/mol. The molecule has 2 aromatic heterocycles. The molecule has 142 valence electrons. The van der Waals surface area contributed by atoms with Crippen molar-refractivity contribution in [1.82, 2.24) is 20.1 Å². The Kier molecular flexibility index (Phi) is 5.16. The van der Waals surface area contributed by atoms with E-state index in [1.165, 1.54) is 11.8 Å². The summed E-state index contributed by atoms with van der Waals surface area (Å²) < 4.78 is 5.80. The van der Waals surface area contributed by atoms with Crippen LogP contribution >= 0.6 is 11.8 Å². The Hall–Kier alpha value is -3.06. The minimum Gasteiger partial charge on any atom is -0.411 e. The maximum Gasteiger partial charge on any atom is 0.277 e. The van der Waals surface area contributed by atoms with Gasteiger partial charge in [0, 0.05) is 30.7 Å². The van der Waals surface area contributed by atoms with Gasteiger partial charge in [0.05, 0.1) is 10.8 Å². The number of H-pyrrole nitrogens is 1. The number of para-hydroxylation sites is 1. The minimum atomic E-state index is -0.329. The van der Waals surface area contributed by atoms with Crippen molar-refractivity contribution in [3.63, 3.8) is 0 Å². The second-order valence-corrected chi connectivity index (χ2v) is 7.85. The molecule has 0 aliphatic heterocycles. The van der Waals surface area contributed by atoms with Gasteiger partial charge in [-0.15, -0.1) is 10.2 Å². The first-order valence-electron chi connectivity index (χ1n) is 8.97. The van der Waals surface area contributed by atoms with Gasteiger partial charge in [0.2, 0.25) is 5.91 Å². The van der Waals surface area contributed by atoms with Gasteiger partial charge in [0.25, 0.3) is 11.1 Å². The van der Waals surface area contributed by atoms with Crippen LogP contribution in [0.15, 0.2) is 70.4 Å². The van der Waals surface area contributed by atoms with Crippen molar-refractivity contribution in [2.45, 2.75) is 23.9 Å². The van der Waals surface area contributed by atoms with Crippen LogP contribution in [0, 0.1) is 0 Å². The number of benzene rings is 2. The molecular weight excluding hydrogens is 372 g/mol. The van der Waals surface area contributed by atoms with Gasteiger partial charge in [-0.2, -0.15) is 0 Å². The van der Waals surface area contributed by atoms with E-state index in [-0.39, 0.29) is 11.2 Å². The van der Waals surface area contributed by atoms with Crippen LogP contribution in [-0.2, 0) is 11.3 Å². The van der Waals surface area contributed by atoms with Crippen molar-refractivity contribution >= 4 is 28.6 Å². The normalized spacial score (nSPS) is 12.2. The standard InChI is InChI=1S/C21H20N4O2S/c1-14(20(26)25(2)13-15-8-4-3-5-9-15)28-21-24-23-19(27-21)17-12-22-18-11-7-6-10-16(17)18/h3-12,14,22H,13H2,1-2H3. The number of aromatic nitrogens is 3. The predicted molar refractivity (Wildman–Crippen MR) is 110 cm³/mol. The molecule has 1 amide bonds. The van der Waals surface area contributed by atoms with Crippen LogP contribution in [-0.4, -0.2) is 38.3 Å². The number of nitrogens with one attached hydrogen (secondary N) is 1. The van der Waals surface area contributed by atoms with Crippen LogP contribution in [0.2, 0.25) is 0 Å². The number of hydrogen-bond donors (Lipinski definition) is 1. The molecule has 4 rings (SSSR count). The molecule has 0 aliphatic carbocycles. The Morgan fingerprint density at radius 3 is 2.71 bits per heavy atom. The number of amides is 1. The number of aromatic amines is 1. The quantitative estimate of drug-likeness (QED) is 0.494. The van der Waals surface area contributed by atoms with Crippen LogP contribution in [0.1, 0.15) is 12.5 Å². The third kappa shape index (κ3) is 3.80. The summed E-state index contributed by atoms with van der Waals surface area (Å²) in [5.41, 5.74) is 2.96. The van der Waals surface area contributed by atoms with E-state index in [1.54, 1.807) is 11.9 Å². The average molecular weight is 392 g/mol. The van der Waals surface area contributed by atoms with Gasteiger partial charge < -0.3 is 14.3 Å². The number of rotatable bonds is 6. The number of hydrogen-bond acceptors (Lipinski definition) is 5. The summed E-state index contributed by atoms with van der Waals surface area (Å²) in [7, 11) is 1.80. The van der Waals surface area contributed by atoms with Gasteiger partial charge >= 0.3 is 0 Å². The second-order valence-electron chi connectivity index (χ2n) is 6.56. The summed E-state index contributed by atoms with van der Waals surface area (Å²) in [5, 5.41) is 9.34. The first-order chi connectivity index (χ1) is 13.6. The van der Waals surface area contributed by atoms with Crippen LogP contribution in [0.4, 0.5) is 0 Å². The molecule has 0 fully saturated rings. The van der Waals surface area contributed by atoms with Gasteiger partial charge in [-0.05, 0) is 18.6 Å². The summed E-state index contributed by atoms with van der Waals surface area (Å²) in [6.07, 6.45) is 1.86. The fourth-order valence-electron chi connectivity index (χ4n) is 3.06. The maximum atomic E-state index is 12.7. The molecule has 28 heavy (non-hydrogen) atoms. The Morgan fingerprint density at radius 1 is 1.14 bits per heavy atom. The van der Waals surface area contributed by atoms with Crippen molar-refractivity contribution in [3.8, 4) is 11.5 Å². The first kappa shape index (κ1) is 18.3. The Balaban J connectivity index is 1.44. The maximum absolute atomic E-state index is 12.7. The fraction of sp³-hybridized carbons (Fsp3) is 0.190. The molecule has 0 spiro atoms. The molecule has 0 aliphatic rings. The molecule has 2 aromatic carbocycles. The predicted octanol–water partition coefficient (Wildman–Crippen LogP) is 4.36. The summed E-state index contributed by atoms with van der Waals surface area (Å²) in [6.45, 7) is 2.42. The molecule has 4 aromatic rings. The van der Waals surface area contributed by atoms with Crippen LogP contribution < -0.4 is 0 Å². The minimum absolute atomic E-state index is 0.0145. The van der Waals surface area contributed by atoms with E-state index in [9.17, 15) is 4.79 Å². The molecule has 0 saturated heterocycles. The summed E-state index contributed by atoms with van der Waals surface area (Å²) in [4.78, 5) is 17.6. The van der Waals surface area contributed by atoms with Crippen molar-refractivity contribution in [3.05, 3.63) is 66.4 Å². The summed E-state index contributed by atoms with van der Waals surface area (Å²) >= 11 is 1.27. The number of thioether (sulfide) groups is 1. The fourth-order valence-corrected chi connectivity index (χ4v) is 3.86. The zero-order chi connectivity index (χ0) is 19.5. The van der Waals surface area contributed by atoms with Crippen molar-refractivity contribution in [2.75, 3.05) is 7.05 Å². The zero-order valence-corrected chi connectivity index (χ0v) is 16.4. The van der Waals surface area contributed by atoms with E-state index >= 15 is 0 Å². The van der Waals surface area contributed by atoms with Gasteiger partial charge in [-0.25, -0.2) is 0 Å². The Bertz CT molecular complexity index is 1090. The highest BCUT2D eigenvalue weighted by Gasteiger charge is 2.22. The lowest BCUT2D eigenvalue weighted by molar-refractivity contribution is -0.129. The van der Waals surface area contributed by atoms with E-state index in [0.29, 0.717) is 17.7 Å². The second kappa shape index (κ2) is 7.90. The highest BCUT2D eigenvalue weighted by Crippen LogP contribution is 2.31.